The lowest BCUT2D eigenvalue weighted by atomic mass is 10.1. The molecule has 1 fully saturated rings. The van der Waals surface area contributed by atoms with Crippen molar-refractivity contribution in [3.63, 3.8) is 0 Å². The van der Waals surface area contributed by atoms with Gasteiger partial charge in [-0.05, 0) is 59.5 Å². The van der Waals surface area contributed by atoms with Crippen LogP contribution in [0.3, 0.4) is 0 Å². The molecule has 2 aromatic rings. The van der Waals surface area contributed by atoms with Crippen LogP contribution in [0, 0.1) is 13.8 Å². The van der Waals surface area contributed by atoms with Crippen LogP contribution in [0.25, 0.3) is 0 Å². The van der Waals surface area contributed by atoms with E-state index in [4.69, 9.17) is 11.6 Å². The van der Waals surface area contributed by atoms with Gasteiger partial charge < -0.3 is 10.2 Å². The van der Waals surface area contributed by atoms with E-state index in [2.05, 4.69) is 21.2 Å². The van der Waals surface area contributed by atoms with Crippen LogP contribution in [-0.2, 0) is 16.1 Å². The van der Waals surface area contributed by atoms with E-state index in [1.165, 1.54) is 0 Å². The van der Waals surface area contributed by atoms with Crippen LogP contribution < -0.4 is 5.32 Å². The minimum absolute atomic E-state index is 0.00623. The number of benzene rings is 2. The van der Waals surface area contributed by atoms with Crippen molar-refractivity contribution in [1.82, 2.24) is 4.90 Å². The molecule has 0 aliphatic carbocycles. The maximum Gasteiger partial charge on any atom is 0.247 e. The molecule has 1 atom stereocenters. The van der Waals surface area contributed by atoms with Gasteiger partial charge in [-0.1, -0.05) is 41.4 Å². The number of aryl methyl sites for hydroxylation is 2. The highest BCUT2D eigenvalue weighted by molar-refractivity contribution is 9.10. The maximum absolute atomic E-state index is 12.8. The summed E-state index contributed by atoms with van der Waals surface area (Å²) in [5, 5.41) is 3.49. The second-order valence-corrected chi connectivity index (χ2v) is 7.89. The summed E-state index contributed by atoms with van der Waals surface area (Å²) in [6.07, 6.45) is 0.910. The Bertz CT molecular complexity index is 852. The first-order chi connectivity index (χ1) is 12.3. The fraction of sp³-hybridized carbons (Fsp3) is 0.300. The second kappa shape index (κ2) is 7.80. The number of amides is 2. The van der Waals surface area contributed by atoms with E-state index >= 15 is 0 Å². The van der Waals surface area contributed by atoms with Crippen molar-refractivity contribution >= 4 is 45.0 Å². The predicted molar refractivity (Wildman–Crippen MR) is 107 cm³/mol. The maximum atomic E-state index is 12.8. The van der Waals surface area contributed by atoms with E-state index in [0.717, 1.165) is 21.2 Å². The molecule has 0 aromatic heterocycles. The predicted octanol–water partition coefficient (Wildman–Crippen LogP) is 4.85. The number of carbonyl (C=O) groups excluding carboxylic acids is 2. The average Bonchev–Trinajstić information content (AvgIpc) is 2.95. The number of halogens is 2. The lowest BCUT2D eigenvalue weighted by molar-refractivity contribution is -0.133. The minimum Gasteiger partial charge on any atom is -0.326 e. The first-order valence-electron chi connectivity index (χ1n) is 8.46. The van der Waals surface area contributed by atoms with Crippen molar-refractivity contribution in [2.24, 2.45) is 0 Å². The summed E-state index contributed by atoms with van der Waals surface area (Å²) in [7, 11) is 0. The van der Waals surface area contributed by atoms with Crippen LogP contribution in [0.1, 0.15) is 29.5 Å². The minimum atomic E-state index is -0.476. The molecule has 1 saturated heterocycles. The van der Waals surface area contributed by atoms with Gasteiger partial charge in [0.05, 0.1) is 5.69 Å². The van der Waals surface area contributed by atoms with E-state index < -0.39 is 6.04 Å². The SMILES string of the molecule is Cc1ccc(CN2C(=O)CC[C@@H]2C(=O)Nc2cc(Cl)c(C)cc2Br)cc1. The Labute approximate surface area is 166 Å². The number of carbonyl (C=O) groups is 2. The van der Waals surface area contributed by atoms with Crippen molar-refractivity contribution in [3.8, 4) is 0 Å². The molecule has 0 bridgehead atoms. The van der Waals surface area contributed by atoms with Crippen molar-refractivity contribution in [3.05, 3.63) is 62.6 Å². The van der Waals surface area contributed by atoms with Crippen LogP contribution in [0.15, 0.2) is 40.9 Å². The molecule has 1 N–H and O–H groups in total. The molecule has 4 nitrogen and oxygen atoms in total. The van der Waals surface area contributed by atoms with Crippen molar-refractivity contribution in [2.75, 3.05) is 5.32 Å². The fourth-order valence-electron chi connectivity index (χ4n) is 3.05. The molecule has 0 radical (unpaired) electrons. The molecule has 3 rings (SSSR count). The molecule has 136 valence electrons. The highest BCUT2D eigenvalue weighted by atomic mass is 79.9. The zero-order valence-electron chi connectivity index (χ0n) is 14.7. The third kappa shape index (κ3) is 4.10. The number of anilines is 1. The Morgan fingerprint density at radius 3 is 2.65 bits per heavy atom. The summed E-state index contributed by atoms with van der Waals surface area (Å²) >= 11 is 9.62. The number of hydrogen-bond acceptors (Lipinski definition) is 2. The van der Waals surface area contributed by atoms with E-state index in [0.29, 0.717) is 30.1 Å². The molecule has 0 unspecified atom stereocenters. The standard InChI is InChI=1S/C20H20BrClN2O2/c1-12-3-5-14(6-4-12)11-24-18(7-8-19(24)25)20(26)23-17-10-16(22)13(2)9-15(17)21/h3-6,9-10,18H,7-8,11H2,1-2H3,(H,23,26)/t18-/m1/s1. The van der Waals surface area contributed by atoms with Gasteiger partial charge in [-0.25, -0.2) is 0 Å². The summed E-state index contributed by atoms with van der Waals surface area (Å²) in [5.41, 5.74) is 3.72. The number of hydrogen-bond donors (Lipinski definition) is 1. The average molecular weight is 436 g/mol. The Morgan fingerprint density at radius 1 is 1.27 bits per heavy atom. The molecule has 26 heavy (non-hydrogen) atoms. The third-order valence-corrected chi connectivity index (χ3v) is 5.67. The van der Waals surface area contributed by atoms with E-state index in [1.54, 1.807) is 11.0 Å². The summed E-state index contributed by atoms with van der Waals surface area (Å²) in [6, 6.07) is 11.1. The molecular formula is C20H20BrClN2O2. The van der Waals surface area contributed by atoms with E-state index in [-0.39, 0.29) is 11.8 Å². The van der Waals surface area contributed by atoms with Gasteiger partial charge in [-0.15, -0.1) is 0 Å². The molecule has 6 heteroatoms. The van der Waals surface area contributed by atoms with Gasteiger partial charge in [-0.3, -0.25) is 9.59 Å². The van der Waals surface area contributed by atoms with E-state index in [1.807, 2.05) is 44.2 Å². The van der Waals surface area contributed by atoms with Crippen LogP contribution in [0.5, 0.6) is 0 Å². The van der Waals surface area contributed by atoms with Gasteiger partial charge in [0.2, 0.25) is 11.8 Å². The van der Waals surface area contributed by atoms with Gasteiger partial charge in [0, 0.05) is 22.5 Å². The lowest BCUT2D eigenvalue weighted by Gasteiger charge is -2.24. The summed E-state index contributed by atoms with van der Waals surface area (Å²) in [5.74, 6) is -0.185. The quantitative estimate of drug-likeness (QED) is 0.746. The lowest BCUT2D eigenvalue weighted by Crippen LogP contribution is -2.41. The third-order valence-electron chi connectivity index (χ3n) is 4.61. The molecule has 1 heterocycles. The molecule has 1 aliphatic heterocycles. The van der Waals surface area contributed by atoms with Gasteiger partial charge in [0.15, 0.2) is 0 Å². The Hall–Kier alpha value is -1.85. The molecular weight excluding hydrogens is 416 g/mol. The van der Waals surface area contributed by atoms with Crippen LogP contribution in [0.2, 0.25) is 5.02 Å². The smallest absolute Gasteiger partial charge is 0.247 e. The zero-order chi connectivity index (χ0) is 18.8. The first-order valence-corrected chi connectivity index (χ1v) is 9.64. The van der Waals surface area contributed by atoms with Crippen LogP contribution in [-0.4, -0.2) is 22.8 Å². The van der Waals surface area contributed by atoms with Crippen LogP contribution in [0.4, 0.5) is 5.69 Å². The largest absolute Gasteiger partial charge is 0.326 e. The summed E-state index contributed by atoms with van der Waals surface area (Å²) < 4.78 is 0.766. The number of nitrogens with zero attached hydrogens (tertiary/aromatic N) is 1. The van der Waals surface area contributed by atoms with Crippen molar-refractivity contribution in [2.45, 2.75) is 39.3 Å². The fourth-order valence-corrected chi connectivity index (χ4v) is 3.77. The highest BCUT2D eigenvalue weighted by Crippen LogP contribution is 2.30. The van der Waals surface area contributed by atoms with Gasteiger partial charge >= 0.3 is 0 Å². The topological polar surface area (TPSA) is 49.4 Å². The number of rotatable bonds is 4. The highest BCUT2D eigenvalue weighted by Gasteiger charge is 2.36. The van der Waals surface area contributed by atoms with Gasteiger partial charge in [0.25, 0.3) is 0 Å². The van der Waals surface area contributed by atoms with Crippen molar-refractivity contribution < 1.29 is 9.59 Å². The Balaban J connectivity index is 1.76. The normalized spacial score (nSPS) is 16.8. The number of likely N-dealkylation sites (tertiary alicyclic amines) is 1. The molecule has 0 saturated carbocycles. The Kier molecular flexibility index (Phi) is 5.68. The zero-order valence-corrected chi connectivity index (χ0v) is 17.0. The van der Waals surface area contributed by atoms with Gasteiger partial charge in [0.1, 0.15) is 6.04 Å². The second-order valence-electron chi connectivity index (χ2n) is 6.63. The summed E-state index contributed by atoms with van der Waals surface area (Å²) in [4.78, 5) is 26.7. The summed E-state index contributed by atoms with van der Waals surface area (Å²) in [6.45, 7) is 4.36. The van der Waals surface area contributed by atoms with E-state index in [9.17, 15) is 9.59 Å². The molecule has 0 spiro atoms. The Morgan fingerprint density at radius 2 is 1.96 bits per heavy atom. The van der Waals surface area contributed by atoms with Gasteiger partial charge in [-0.2, -0.15) is 0 Å². The molecule has 1 aliphatic rings. The first kappa shape index (κ1) is 18.9. The van der Waals surface area contributed by atoms with Crippen molar-refractivity contribution in [1.29, 1.82) is 0 Å². The van der Waals surface area contributed by atoms with Crippen LogP contribution >= 0.6 is 27.5 Å². The molecule has 2 amide bonds. The number of nitrogens with one attached hydrogen (secondary N) is 1. The monoisotopic (exact) mass is 434 g/mol. The molecule has 2 aromatic carbocycles.